The van der Waals surface area contributed by atoms with Crippen molar-refractivity contribution < 1.29 is 4.74 Å². The number of ether oxygens (including phenoxy) is 1. The van der Waals surface area contributed by atoms with Gasteiger partial charge in [0.25, 0.3) is 0 Å². The molecular weight excluding hydrogens is 300 g/mol. The minimum absolute atomic E-state index is 0.308. The summed E-state index contributed by atoms with van der Waals surface area (Å²) in [5, 5.41) is 7.55. The van der Waals surface area contributed by atoms with Gasteiger partial charge >= 0.3 is 0 Å². The van der Waals surface area contributed by atoms with Gasteiger partial charge in [-0.05, 0) is 19.1 Å². The summed E-state index contributed by atoms with van der Waals surface area (Å²) in [6.07, 6.45) is 0. The van der Waals surface area contributed by atoms with Crippen molar-refractivity contribution in [2.24, 2.45) is 5.18 Å². The molecular formula is C15H20N4O2S. The molecule has 1 aromatic carbocycles. The number of fused-ring (bicyclic) bond motifs is 1. The molecule has 2 aromatic rings. The third-order valence-electron chi connectivity index (χ3n) is 3.74. The lowest BCUT2D eigenvalue weighted by Crippen LogP contribution is -2.46. The van der Waals surface area contributed by atoms with Gasteiger partial charge in [-0.25, -0.2) is 4.98 Å². The van der Waals surface area contributed by atoms with Crippen LogP contribution in [-0.4, -0.2) is 55.3 Å². The van der Waals surface area contributed by atoms with Gasteiger partial charge in [-0.3, -0.25) is 4.90 Å². The number of nitroso groups, excluding NO2 is 1. The van der Waals surface area contributed by atoms with Crippen molar-refractivity contribution in [2.45, 2.75) is 13.0 Å². The average Bonchev–Trinajstić information content (AvgIpc) is 2.91. The van der Waals surface area contributed by atoms with Crippen molar-refractivity contribution in [1.29, 1.82) is 0 Å². The molecule has 1 atom stereocenters. The van der Waals surface area contributed by atoms with Gasteiger partial charge in [0.15, 0.2) is 0 Å². The summed E-state index contributed by atoms with van der Waals surface area (Å²) < 4.78 is 6.90. The normalized spacial score (nSPS) is 17.5. The number of aromatic nitrogens is 1. The second-order valence-electron chi connectivity index (χ2n) is 5.48. The fraction of sp³-hybridized carbons (Fsp3) is 0.533. The van der Waals surface area contributed by atoms with E-state index in [1.54, 1.807) is 11.3 Å². The number of hydrogen-bond acceptors (Lipinski definition) is 7. The van der Waals surface area contributed by atoms with Gasteiger partial charge in [-0.1, -0.05) is 5.18 Å². The third-order valence-corrected chi connectivity index (χ3v) is 4.69. The Bertz CT molecular complexity index is 640. The predicted octanol–water partition coefficient (Wildman–Crippen LogP) is 2.02. The Morgan fingerprint density at radius 3 is 3.05 bits per heavy atom. The van der Waals surface area contributed by atoms with Crippen LogP contribution in [0.2, 0.25) is 0 Å². The summed E-state index contributed by atoms with van der Waals surface area (Å²) >= 11 is 1.67. The lowest BCUT2D eigenvalue weighted by atomic mass is 10.2. The highest BCUT2D eigenvalue weighted by molar-refractivity contribution is 7.18. The molecule has 118 valence electrons. The fourth-order valence-electron chi connectivity index (χ4n) is 2.61. The Morgan fingerprint density at radius 2 is 2.27 bits per heavy atom. The molecule has 0 radical (unpaired) electrons. The second-order valence-corrected chi connectivity index (χ2v) is 6.72. The number of benzene rings is 1. The number of hydrogen-bond donors (Lipinski definition) is 1. The lowest BCUT2D eigenvalue weighted by molar-refractivity contribution is 0.196. The first kappa shape index (κ1) is 15.3. The average molecular weight is 320 g/mol. The Hall–Kier alpha value is -1.57. The number of piperazine rings is 1. The number of nitrogens with one attached hydrogen (secondary N) is 1. The first-order valence-corrected chi connectivity index (χ1v) is 8.32. The van der Waals surface area contributed by atoms with Gasteiger partial charge in [-0.2, -0.15) is 4.91 Å². The molecule has 0 aliphatic carbocycles. The monoisotopic (exact) mass is 320 g/mol. The highest BCUT2D eigenvalue weighted by Crippen LogP contribution is 2.25. The molecule has 3 rings (SSSR count). The zero-order valence-corrected chi connectivity index (χ0v) is 13.4. The van der Waals surface area contributed by atoms with E-state index in [-0.39, 0.29) is 6.04 Å². The van der Waals surface area contributed by atoms with Crippen molar-refractivity contribution in [3.05, 3.63) is 28.1 Å². The van der Waals surface area contributed by atoms with E-state index in [9.17, 15) is 4.91 Å². The molecule has 1 fully saturated rings. The molecule has 1 saturated heterocycles. The molecule has 1 aromatic heterocycles. The minimum Gasteiger partial charge on any atom is -0.491 e. The molecule has 2 heterocycles. The molecule has 0 spiro atoms. The first-order chi connectivity index (χ1) is 10.7. The minimum atomic E-state index is -0.342. The van der Waals surface area contributed by atoms with Crippen molar-refractivity contribution in [3.8, 4) is 5.75 Å². The summed E-state index contributed by atoms with van der Waals surface area (Å²) in [5.74, 6) is 0.742. The van der Waals surface area contributed by atoms with Gasteiger partial charge in [0.1, 0.15) is 18.4 Å². The van der Waals surface area contributed by atoms with Crippen LogP contribution < -0.4 is 10.1 Å². The van der Waals surface area contributed by atoms with Gasteiger partial charge in [-0.15, -0.1) is 11.3 Å². The molecule has 0 bridgehead atoms. The van der Waals surface area contributed by atoms with Crippen LogP contribution in [0.4, 0.5) is 0 Å². The molecule has 0 unspecified atom stereocenters. The lowest BCUT2D eigenvalue weighted by Gasteiger charge is -2.28. The summed E-state index contributed by atoms with van der Waals surface area (Å²) in [5.41, 5.74) is 0.942. The first-order valence-electron chi connectivity index (χ1n) is 7.50. The standard InChI is InChI=1S/C15H20N4O2S/c1-11-17-14-8-13(2-3-15(14)22-11)21-10-12(18-20)9-19-6-4-16-5-7-19/h2-3,8,12,16H,4-7,9-10H2,1H3/t12-/m1/s1. The summed E-state index contributed by atoms with van der Waals surface area (Å²) in [4.78, 5) is 17.7. The highest BCUT2D eigenvalue weighted by atomic mass is 32.1. The van der Waals surface area contributed by atoms with Crippen LogP contribution in [-0.2, 0) is 0 Å². The maximum Gasteiger partial charge on any atom is 0.138 e. The van der Waals surface area contributed by atoms with Crippen LogP contribution >= 0.6 is 11.3 Å². The Labute approximate surface area is 133 Å². The van der Waals surface area contributed by atoms with Crippen LogP contribution in [0.1, 0.15) is 5.01 Å². The van der Waals surface area contributed by atoms with E-state index in [1.165, 1.54) is 0 Å². The van der Waals surface area contributed by atoms with E-state index in [0.29, 0.717) is 13.2 Å². The van der Waals surface area contributed by atoms with E-state index in [0.717, 1.165) is 47.2 Å². The summed E-state index contributed by atoms with van der Waals surface area (Å²) in [7, 11) is 0. The molecule has 7 heteroatoms. The largest absolute Gasteiger partial charge is 0.491 e. The number of rotatable bonds is 6. The van der Waals surface area contributed by atoms with Gasteiger partial charge in [0.2, 0.25) is 0 Å². The van der Waals surface area contributed by atoms with Gasteiger partial charge in [0.05, 0.1) is 15.2 Å². The van der Waals surface area contributed by atoms with E-state index >= 15 is 0 Å². The number of thiazole rings is 1. The topological polar surface area (TPSA) is 66.8 Å². The molecule has 0 saturated carbocycles. The van der Waals surface area contributed by atoms with E-state index in [2.05, 4.69) is 20.4 Å². The smallest absolute Gasteiger partial charge is 0.138 e. The SMILES string of the molecule is Cc1nc2cc(OC[C@@H](CN3CCNCC3)N=O)ccc2s1. The fourth-order valence-corrected chi connectivity index (χ4v) is 3.42. The van der Waals surface area contributed by atoms with E-state index < -0.39 is 0 Å². The predicted molar refractivity (Wildman–Crippen MR) is 88.7 cm³/mol. The van der Waals surface area contributed by atoms with Crippen LogP contribution in [0, 0.1) is 11.8 Å². The Kier molecular flexibility index (Phi) is 4.97. The molecule has 6 nitrogen and oxygen atoms in total. The maximum atomic E-state index is 11.0. The molecule has 1 N–H and O–H groups in total. The van der Waals surface area contributed by atoms with Gasteiger partial charge in [0, 0.05) is 38.8 Å². The number of nitrogens with zero attached hydrogens (tertiary/aromatic N) is 3. The Morgan fingerprint density at radius 1 is 1.45 bits per heavy atom. The molecule has 22 heavy (non-hydrogen) atoms. The third kappa shape index (κ3) is 3.79. The summed E-state index contributed by atoms with van der Waals surface area (Å²) in [6.45, 7) is 6.79. The maximum absolute atomic E-state index is 11.0. The van der Waals surface area contributed by atoms with Crippen molar-refractivity contribution in [2.75, 3.05) is 39.3 Å². The van der Waals surface area contributed by atoms with Crippen LogP contribution in [0.15, 0.2) is 23.4 Å². The second kappa shape index (κ2) is 7.13. The van der Waals surface area contributed by atoms with Crippen LogP contribution in [0.3, 0.4) is 0 Å². The zero-order valence-electron chi connectivity index (χ0n) is 12.6. The van der Waals surface area contributed by atoms with E-state index in [1.807, 2.05) is 25.1 Å². The quantitative estimate of drug-likeness (QED) is 0.825. The van der Waals surface area contributed by atoms with Crippen molar-refractivity contribution >= 4 is 21.6 Å². The zero-order chi connectivity index (χ0) is 15.4. The van der Waals surface area contributed by atoms with Crippen molar-refractivity contribution in [1.82, 2.24) is 15.2 Å². The van der Waals surface area contributed by atoms with Crippen LogP contribution in [0.25, 0.3) is 10.2 Å². The van der Waals surface area contributed by atoms with Gasteiger partial charge < -0.3 is 10.1 Å². The van der Waals surface area contributed by atoms with E-state index in [4.69, 9.17) is 4.74 Å². The van der Waals surface area contributed by atoms with Crippen LogP contribution in [0.5, 0.6) is 5.75 Å². The summed E-state index contributed by atoms with van der Waals surface area (Å²) in [6, 6.07) is 5.51. The molecule has 1 aliphatic rings. The molecule has 1 aliphatic heterocycles. The van der Waals surface area contributed by atoms with Crippen molar-refractivity contribution in [3.63, 3.8) is 0 Å². The highest BCUT2D eigenvalue weighted by Gasteiger charge is 2.17. The molecule has 0 amide bonds. The Balaban J connectivity index is 1.57. The number of aryl methyl sites for hydroxylation is 1.